The Morgan fingerprint density at radius 2 is 1.94 bits per heavy atom. The summed E-state index contributed by atoms with van der Waals surface area (Å²) < 4.78 is 5.89. The van der Waals surface area contributed by atoms with Crippen molar-refractivity contribution in [3.63, 3.8) is 0 Å². The van der Waals surface area contributed by atoms with Crippen LogP contribution in [0.5, 0.6) is 11.5 Å². The number of allylic oxidation sites excluding steroid dienone is 1. The van der Waals surface area contributed by atoms with Gasteiger partial charge in [-0.2, -0.15) is 15.4 Å². The van der Waals surface area contributed by atoms with Gasteiger partial charge in [0.05, 0.1) is 21.4 Å². The van der Waals surface area contributed by atoms with Crippen molar-refractivity contribution in [3.05, 3.63) is 63.8 Å². The van der Waals surface area contributed by atoms with Crippen LogP contribution in [0.4, 0.5) is 10.5 Å². The summed E-state index contributed by atoms with van der Waals surface area (Å²) in [6.45, 7) is 4.19. The molecule has 4 rings (SSSR count). The minimum Gasteiger partial charge on any atom is -0.454 e. The Bertz CT molecular complexity index is 1180. The highest BCUT2D eigenvalue weighted by molar-refractivity contribution is 6.37. The van der Waals surface area contributed by atoms with Crippen LogP contribution < -0.4 is 20.4 Å². The minimum atomic E-state index is -0.603. The van der Waals surface area contributed by atoms with Crippen LogP contribution in [0.3, 0.4) is 0 Å². The van der Waals surface area contributed by atoms with Crippen LogP contribution >= 0.6 is 23.2 Å². The number of nitrogens with zero attached hydrogens (tertiary/aromatic N) is 3. The lowest BCUT2D eigenvalue weighted by Gasteiger charge is -2.24. The van der Waals surface area contributed by atoms with Crippen molar-refractivity contribution in [2.24, 2.45) is 5.10 Å². The molecule has 0 saturated carbocycles. The fourth-order valence-electron chi connectivity index (χ4n) is 3.23. The lowest BCUT2D eigenvalue weighted by atomic mass is 10.0. The second-order valence-corrected chi connectivity index (χ2v) is 7.61. The molecule has 0 unspecified atom stereocenters. The molecule has 0 aromatic heterocycles. The summed E-state index contributed by atoms with van der Waals surface area (Å²) in [5.41, 5.74) is 1.80. The van der Waals surface area contributed by atoms with Crippen molar-refractivity contribution in [2.45, 2.75) is 12.8 Å². The maximum Gasteiger partial charge on any atom is 0.347 e. The van der Waals surface area contributed by atoms with Crippen LogP contribution in [0.1, 0.15) is 22.3 Å². The number of nitriles is 1. The molecule has 0 radical (unpaired) electrons. The quantitative estimate of drug-likeness (QED) is 0.715. The van der Waals surface area contributed by atoms with Crippen molar-refractivity contribution in [1.82, 2.24) is 10.6 Å². The van der Waals surface area contributed by atoms with E-state index in [4.69, 9.17) is 33.2 Å². The van der Waals surface area contributed by atoms with E-state index in [9.17, 15) is 9.59 Å². The van der Waals surface area contributed by atoms with E-state index in [0.717, 1.165) is 23.4 Å². The number of aryl methyl sites for hydroxylation is 1. The molecule has 8 nitrogen and oxygen atoms in total. The number of hydrogen-bond acceptors (Lipinski definition) is 5. The van der Waals surface area contributed by atoms with Gasteiger partial charge < -0.3 is 15.4 Å². The standard InChI is InChI=1S/C21H15Cl2N5O3/c1-11-18(10-24)27-28(21(30)26-11)13-8-16(22)19(17(23)9-13)31-14-4-5-15-12(7-14)3-2-6-25-20(15)29/h4-5,7-9H,1-3,6H2,(H,25,29)(H,26,30). The summed E-state index contributed by atoms with van der Waals surface area (Å²) in [5, 5.41) is 19.6. The molecule has 0 fully saturated rings. The topological polar surface area (TPSA) is 107 Å². The monoisotopic (exact) mass is 455 g/mol. The number of urea groups is 1. The van der Waals surface area contributed by atoms with Crippen LogP contribution in [-0.4, -0.2) is 24.2 Å². The lowest BCUT2D eigenvalue weighted by Crippen LogP contribution is -2.42. The zero-order valence-corrected chi connectivity index (χ0v) is 17.5. The van der Waals surface area contributed by atoms with Gasteiger partial charge in [0.2, 0.25) is 0 Å². The number of amides is 3. The molecule has 0 spiro atoms. The first-order valence-electron chi connectivity index (χ1n) is 9.24. The molecule has 2 heterocycles. The number of hydrogen-bond donors (Lipinski definition) is 2. The average Bonchev–Trinajstić information content (AvgIpc) is 2.92. The van der Waals surface area contributed by atoms with Gasteiger partial charge in [-0.15, -0.1) is 0 Å². The van der Waals surface area contributed by atoms with Gasteiger partial charge in [-0.3, -0.25) is 4.79 Å². The Balaban J connectivity index is 1.65. The van der Waals surface area contributed by atoms with E-state index >= 15 is 0 Å². The van der Waals surface area contributed by atoms with Crippen molar-refractivity contribution < 1.29 is 14.3 Å². The largest absolute Gasteiger partial charge is 0.454 e. The van der Waals surface area contributed by atoms with Crippen molar-refractivity contribution in [3.8, 4) is 17.6 Å². The number of nitrogens with one attached hydrogen (secondary N) is 2. The van der Waals surface area contributed by atoms with E-state index < -0.39 is 6.03 Å². The number of rotatable bonds is 3. The molecule has 2 aliphatic heterocycles. The first-order valence-corrected chi connectivity index (χ1v) is 10.00. The Kier molecular flexibility index (Phi) is 5.55. The Hall–Kier alpha value is -3.54. The van der Waals surface area contributed by atoms with Gasteiger partial charge in [-0.05, 0) is 48.7 Å². The molecule has 2 aromatic carbocycles. The number of benzene rings is 2. The fraction of sp³-hybridized carbons (Fsp3) is 0.143. The molecule has 2 aromatic rings. The first-order chi connectivity index (χ1) is 14.9. The van der Waals surface area contributed by atoms with Crippen LogP contribution in [0.25, 0.3) is 0 Å². The number of anilines is 1. The molecule has 0 bridgehead atoms. The lowest BCUT2D eigenvalue weighted by molar-refractivity contribution is 0.0956. The maximum absolute atomic E-state index is 12.2. The molecule has 31 heavy (non-hydrogen) atoms. The molecule has 2 aliphatic rings. The number of fused-ring (bicyclic) bond motifs is 1. The molecule has 0 saturated heterocycles. The number of halogens is 2. The van der Waals surface area contributed by atoms with Crippen LogP contribution in [-0.2, 0) is 6.42 Å². The highest BCUT2D eigenvalue weighted by Gasteiger charge is 2.26. The maximum atomic E-state index is 12.2. The number of hydrazone groups is 1. The molecular formula is C21H15Cl2N5O3. The molecule has 156 valence electrons. The highest BCUT2D eigenvalue weighted by atomic mass is 35.5. The predicted octanol–water partition coefficient (Wildman–Crippen LogP) is 4.38. The van der Waals surface area contributed by atoms with E-state index in [0.29, 0.717) is 17.9 Å². The fourth-order valence-corrected chi connectivity index (χ4v) is 3.79. The highest BCUT2D eigenvalue weighted by Crippen LogP contribution is 2.40. The second kappa shape index (κ2) is 8.30. The summed E-state index contributed by atoms with van der Waals surface area (Å²) in [6.07, 6.45) is 1.56. The van der Waals surface area contributed by atoms with Gasteiger partial charge in [-0.1, -0.05) is 29.8 Å². The van der Waals surface area contributed by atoms with Gasteiger partial charge in [-0.25, -0.2) is 4.79 Å². The summed E-state index contributed by atoms with van der Waals surface area (Å²) in [7, 11) is 0. The van der Waals surface area contributed by atoms with Crippen molar-refractivity contribution >= 4 is 46.5 Å². The van der Waals surface area contributed by atoms with E-state index in [-0.39, 0.29) is 38.8 Å². The summed E-state index contributed by atoms with van der Waals surface area (Å²) in [5.74, 6) is 0.553. The van der Waals surface area contributed by atoms with E-state index in [1.807, 2.05) is 6.07 Å². The molecule has 10 heteroatoms. The predicted molar refractivity (Wildman–Crippen MR) is 117 cm³/mol. The molecular weight excluding hydrogens is 441 g/mol. The number of ether oxygens (including phenoxy) is 1. The molecule has 2 N–H and O–H groups in total. The summed E-state index contributed by atoms with van der Waals surface area (Å²) >= 11 is 12.8. The number of carbonyl (C=O) groups is 2. The Morgan fingerprint density at radius 1 is 1.19 bits per heavy atom. The van der Waals surface area contributed by atoms with Crippen LogP contribution in [0.15, 0.2) is 47.7 Å². The van der Waals surface area contributed by atoms with Crippen LogP contribution in [0.2, 0.25) is 10.0 Å². The smallest absolute Gasteiger partial charge is 0.347 e. The molecule has 0 aliphatic carbocycles. The third-order valence-corrected chi connectivity index (χ3v) is 5.28. The van der Waals surface area contributed by atoms with E-state index in [2.05, 4.69) is 22.3 Å². The normalized spacial score (nSPS) is 15.8. The minimum absolute atomic E-state index is 0.0406. The third-order valence-electron chi connectivity index (χ3n) is 4.72. The van der Waals surface area contributed by atoms with Crippen LogP contribution in [0, 0.1) is 11.3 Å². The number of carbonyl (C=O) groups excluding carboxylic acids is 2. The Labute approximate surface area is 187 Å². The zero-order valence-electron chi connectivity index (χ0n) is 16.0. The van der Waals surface area contributed by atoms with Crippen molar-refractivity contribution in [2.75, 3.05) is 11.6 Å². The van der Waals surface area contributed by atoms with Gasteiger partial charge in [0.25, 0.3) is 5.91 Å². The van der Waals surface area contributed by atoms with Gasteiger partial charge in [0, 0.05) is 12.1 Å². The summed E-state index contributed by atoms with van der Waals surface area (Å²) in [6, 6.07) is 9.30. The van der Waals surface area contributed by atoms with E-state index in [1.54, 1.807) is 18.2 Å². The molecule has 3 amide bonds. The first kappa shape index (κ1) is 20.7. The van der Waals surface area contributed by atoms with Gasteiger partial charge >= 0.3 is 6.03 Å². The van der Waals surface area contributed by atoms with Gasteiger partial charge in [0.15, 0.2) is 11.5 Å². The zero-order chi connectivity index (χ0) is 22.1. The second-order valence-electron chi connectivity index (χ2n) is 6.80. The van der Waals surface area contributed by atoms with Gasteiger partial charge in [0.1, 0.15) is 11.8 Å². The summed E-state index contributed by atoms with van der Waals surface area (Å²) in [4.78, 5) is 24.3. The molecule has 0 atom stereocenters. The average molecular weight is 456 g/mol. The van der Waals surface area contributed by atoms with Crippen molar-refractivity contribution in [1.29, 1.82) is 5.26 Å². The Morgan fingerprint density at radius 3 is 2.65 bits per heavy atom. The third kappa shape index (κ3) is 4.06. The van der Waals surface area contributed by atoms with E-state index in [1.165, 1.54) is 12.1 Å². The SMILES string of the molecule is C=C1NC(=O)N(c2cc(Cl)c(Oc3ccc4c(c3)CCCNC4=O)c(Cl)c2)N=C1C#N.